The van der Waals surface area contributed by atoms with E-state index in [1.807, 2.05) is 0 Å². The minimum absolute atomic E-state index is 0.0862. The summed E-state index contributed by atoms with van der Waals surface area (Å²) < 4.78 is 0. The lowest BCUT2D eigenvalue weighted by molar-refractivity contribution is 0.0485. The first-order valence-corrected chi connectivity index (χ1v) is 8.36. The highest BCUT2D eigenvalue weighted by Crippen LogP contribution is 2.32. The van der Waals surface area contributed by atoms with Crippen molar-refractivity contribution in [2.24, 2.45) is 11.8 Å². The van der Waals surface area contributed by atoms with Gasteiger partial charge >= 0.3 is 0 Å². The van der Waals surface area contributed by atoms with E-state index in [0.717, 1.165) is 37.8 Å². The van der Waals surface area contributed by atoms with E-state index in [2.05, 4.69) is 24.1 Å². The maximum absolute atomic E-state index is 9.82. The van der Waals surface area contributed by atoms with Gasteiger partial charge in [-0.1, -0.05) is 20.3 Å². The van der Waals surface area contributed by atoms with Gasteiger partial charge in [0.25, 0.3) is 0 Å². The number of nitrogens with zero attached hydrogens (tertiary/aromatic N) is 1. The number of β-amino-alcohol motifs (C(OH)–C–C–N with tert-alkyl or cyclic N) is 1. The first kappa shape index (κ1) is 15.3. The lowest BCUT2D eigenvalue weighted by atomic mass is 9.76. The summed E-state index contributed by atoms with van der Waals surface area (Å²) in [5, 5.41) is 13.5. The summed E-state index contributed by atoms with van der Waals surface area (Å²) in [6, 6.07) is 0.701. The zero-order valence-electron chi connectivity index (χ0n) is 12.8. The SMILES string of the molecule is CCNC1CCC(CC)CC1CN1CCCC(O)C1. The number of likely N-dealkylation sites (tertiary alicyclic amines) is 1. The molecule has 4 unspecified atom stereocenters. The van der Waals surface area contributed by atoms with Crippen molar-refractivity contribution in [2.75, 3.05) is 26.2 Å². The Morgan fingerprint density at radius 2 is 2.05 bits per heavy atom. The number of piperidine rings is 1. The van der Waals surface area contributed by atoms with E-state index < -0.39 is 0 Å². The zero-order chi connectivity index (χ0) is 13.7. The minimum Gasteiger partial charge on any atom is -0.392 e. The molecule has 1 saturated carbocycles. The first-order chi connectivity index (χ1) is 9.22. The number of aliphatic hydroxyl groups excluding tert-OH is 1. The van der Waals surface area contributed by atoms with Crippen molar-refractivity contribution in [2.45, 2.75) is 64.5 Å². The van der Waals surface area contributed by atoms with Gasteiger partial charge in [-0.3, -0.25) is 0 Å². The third kappa shape index (κ3) is 4.44. The number of nitrogens with one attached hydrogen (secondary N) is 1. The summed E-state index contributed by atoms with van der Waals surface area (Å²) in [4.78, 5) is 2.50. The molecule has 3 heteroatoms. The molecule has 1 aliphatic heterocycles. The molecule has 3 nitrogen and oxygen atoms in total. The maximum Gasteiger partial charge on any atom is 0.0667 e. The Labute approximate surface area is 118 Å². The molecule has 1 aliphatic carbocycles. The second-order valence-corrected chi connectivity index (χ2v) is 6.57. The fourth-order valence-corrected chi connectivity index (χ4v) is 3.99. The van der Waals surface area contributed by atoms with Crippen molar-refractivity contribution in [3.63, 3.8) is 0 Å². The fourth-order valence-electron chi connectivity index (χ4n) is 3.99. The van der Waals surface area contributed by atoms with Crippen LogP contribution in [0.3, 0.4) is 0 Å². The van der Waals surface area contributed by atoms with Crippen molar-refractivity contribution >= 4 is 0 Å². The van der Waals surface area contributed by atoms with Crippen LogP contribution in [0.5, 0.6) is 0 Å². The standard InChI is InChI=1S/C16H32N2O/c1-3-13-7-8-16(17-4-2)14(10-13)11-18-9-5-6-15(19)12-18/h13-17,19H,3-12H2,1-2H3. The molecule has 2 rings (SSSR count). The summed E-state index contributed by atoms with van der Waals surface area (Å²) in [6.07, 6.45) is 7.52. The molecule has 0 aromatic heterocycles. The molecule has 0 radical (unpaired) electrons. The highest BCUT2D eigenvalue weighted by Gasteiger charge is 2.31. The highest BCUT2D eigenvalue weighted by molar-refractivity contribution is 4.87. The summed E-state index contributed by atoms with van der Waals surface area (Å²) in [5.41, 5.74) is 0. The van der Waals surface area contributed by atoms with E-state index in [4.69, 9.17) is 0 Å². The van der Waals surface area contributed by atoms with Gasteiger partial charge in [-0.15, -0.1) is 0 Å². The van der Waals surface area contributed by atoms with Gasteiger partial charge in [-0.25, -0.2) is 0 Å². The monoisotopic (exact) mass is 268 g/mol. The molecule has 0 spiro atoms. The van der Waals surface area contributed by atoms with Crippen LogP contribution in [-0.2, 0) is 0 Å². The van der Waals surface area contributed by atoms with E-state index in [1.165, 1.54) is 38.8 Å². The van der Waals surface area contributed by atoms with Crippen LogP contribution in [0.15, 0.2) is 0 Å². The quantitative estimate of drug-likeness (QED) is 0.803. The Kier molecular flexibility index (Phi) is 6.11. The second-order valence-electron chi connectivity index (χ2n) is 6.57. The lowest BCUT2D eigenvalue weighted by Gasteiger charge is -2.40. The van der Waals surface area contributed by atoms with Crippen molar-refractivity contribution in [3.8, 4) is 0 Å². The Morgan fingerprint density at radius 1 is 1.21 bits per heavy atom. The van der Waals surface area contributed by atoms with Crippen molar-refractivity contribution in [3.05, 3.63) is 0 Å². The van der Waals surface area contributed by atoms with E-state index in [9.17, 15) is 5.11 Å². The lowest BCUT2D eigenvalue weighted by Crippen LogP contribution is -2.48. The van der Waals surface area contributed by atoms with Gasteiger partial charge in [0.15, 0.2) is 0 Å². The van der Waals surface area contributed by atoms with Gasteiger partial charge in [0.2, 0.25) is 0 Å². The van der Waals surface area contributed by atoms with E-state index in [1.54, 1.807) is 0 Å². The van der Waals surface area contributed by atoms with E-state index in [-0.39, 0.29) is 6.10 Å². The Hall–Kier alpha value is -0.120. The van der Waals surface area contributed by atoms with Crippen molar-refractivity contribution < 1.29 is 5.11 Å². The molecular formula is C16H32N2O. The zero-order valence-corrected chi connectivity index (χ0v) is 12.8. The summed E-state index contributed by atoms with van der Waals surface area (Å²) in [5.74, 6) is 1.71. The van der Waals surface area contributed by atoms with Crippen LogP contribution in [0.1, 0.15) is 52.4 Å². The summed E-state index contributed by atoms with van der Waals surface area (Å²) in [6.45, 7) is 8.90. The number of rotatable bonds is 5. The third-order valence-electron chi connectivity index (χ3n) is 5.11. The Balaban J connectivity index is 1.88. The number of hydrogen-bond acceptors (Lipinski definition) is 3. The Bertz CT molecular complexity index is 259. The predicted octanol–water partition coefficient (Wildman–Crippen LogP) is 2.25. The average molecular weight is 268 g/mol. The molecule has 1 saturated heterocycles. The predicted molar refractivity (Wildman–Crippen MR) is 80.3 cm³/mol. The third-order valence-corrected chi connectivity index (χ3v) is 5.11. The van der Waals surface area contributed by atoms with Gasteiger partial charge < -0.3 is 15.3 Å². The first-order valence-electron chi connectivity index (χ1n) is 8.36. The molecular weight excluding hydrogens is 236 g/mol. The van der Waals surface area contributed by atoms with Crippen LogP contribution in [0.2, 0.25) is 0 Å². The molecule has 0 aromatic rings. The maximum atomic E-state index is 9.82. The summed E-state index contributed by atoms with van der Waals surface area (Å²) in [7, 11) is 0. The largest absolute Gasteiger partial charge is 0.392 e. The van der Waals surface area contributed by atoms with Crippen LogP contribution in [0, 0.1) is 11.8 Å². The van der Waals surface area contributed by atoms with E-state index in [0.29, 0.717) is 6.04 Å². The topological polar surface area (TPSA) is 35.5 Å². The van der Waals surface area contributed by atoms with Crippen LogP contribution in [0.25, 0.3) is 0 Å². The molecule has 4 atom stereocenters. The molecule has 0 amide bonds. The normalized spacial score (nSPS) is 37.4. The minimum atomic E-state index is -0.0862. The van der Waals surface area contributed by atoms with Gasteiger partial charge in [0, 0.05) is 19.1 Å². The van der Waals surface area contributed by atoms with Crippen molar-refractivity contribution in [1.82, 2.24) is 10.2 Å². The highest BCUT2D eigenvalue weighted by atomic mass is 16.3. The molecule has 19 heavy (non-hydrogen) atoms. The van der Waals surface area contributed by atoms with Gasteiger partial charge in [0.05, 0.1) is 6.10 Å². The van der Waals surface area contributed by atoms with Crippen LogP contribution in [-0.4, -0.2) is 48.3 Å². The second kappa shape index (κ2) is 7.61. The molecule has 2 fully saturated rings. The molecule has 0 bridgehead atoms. The summed E-state index contributed by atoms with van der Waals surface area (Å²) >= 11 is 0. The molecule has 2 aliphatic rings. The molecule has 0 aromatic carbocycles. The van der Waals surface area contributed by atoms with Crippen LogP contribution in [0.4, 0.5) is 0 Å². The number of hydrogen-bond donors (Lipinski definition) is 2. The van der Waals surface area contributed by atoms with E-state index >= 15 is 0 Å². The van der Waals surface area contributed by atoms with Gasteiger partial charge in [-0.2, -0.15) is 0 Å². The Morgan fingerprint density at radius 3 is 2.74 bits per heavy atom. The average Bonchev–Trinajstić information content (AvgIpc) is 2.41. The van der Waals surface area contributed by atoms with Crippen LogP contribution < -0.4 is 5.32 Å². The molecule has 112 valence electrons. The van der Waals surface area contributed by atoms with Crippen molar-refractivity contribution in [1.29, 1.82) is 0 Å². The fraction of sp³-hybridized carbons (Fsp3) is 1.00. The smallest absolute Gasteiger partial charge is 0.0667 e. The number of aliphatic hydroxyl groups is 1. The van der Waals surface area contributed by atoms with Gasteiger partial charge in [-0.05, 0) is 57.0 Å². The van der Waals surface area contributed by atoms with Crippen LogP contribution >= 0.6 is 0 Å². The van der Waals surface area contributed by atoms with Gasteiger partial charge in [0.1, 0.15) is 0 Å². The molecule has 1 heterocycles. The molecule has 2 N–H and O–H groups in total.